The van der Waals surface area contributed by atoms with E-state index in [1.807, 2.05) is 0 Å². The second-order valence-electron chi connectivity index (χ2n) is 4.31. The van der Waals surface area contributed by atoms with Gasteiger partial charge in [0.05, 0.1) is 16.4 Å². The van der Waals surface area contributed by atoms with Crippen LogP contribution in [0.15, 0.2) is 6.07 Å². The molecule has 16 heavy (non-hydrogen) atoms. The Bertz CT molecular complexity index is 400. The first-order valence-corrected chi connectivity index (χ1v) is 6.01. The van der Waals surface area contributed by atoms with Crippen molar-refractivity contribution in [2.75, 3.05) is 23.7 Å². The summed E-state index contributed by atoms with van der Waals surface area (Å²) in [5.41, 5.74) is 8.30. The second-order valence-corrected chi connectivity index (χ2v) is 4.72. The summed E-state index contributed by atoms with van der Waals surface area (Å²) in [7, 11) is 0. The molecule has 3 nitrogen and oxygen atoms in total. The van der Waals surface area contributed by atoms with Crippen molar-refractivity contribution in [2.45, 2.75) is 26.2 Å². The summed E-state index contributed by atoms with van der Waals surface area (Å²) in [5.74, 6) is 0.0972. The van der Waals surface area contributed by atoms with E-state index in [-0.39, 0.29) is 5.75 Å². The van der Waals surface area contributed by atoms with Crippen LogP contribution in [0.5, 0.6) is 5.75 Å². The number of rotatable bonds is 1. The second kappa shape index (κ2) is 4.42. The summed E-state index contributed by atoms with van der Waals surface area (Å²) >= 11 is 5.98. The monoisotopic (exact) mass is 240 g/mol. The summed E-state index contributed by atoms with van der Waals surface area (Å²) in [6, 6.07) is 1.77. The molecule has 4 heteroatoms. The van der Waals surface area contributed by atoms with Crippen molar-refractivity contribution >= 4 is 23.0 Å². The summed E-state index contributed by atoms with van der Waals surface area (Å²) in [4.78, 5) is 2.25. The van der Waals surface area contributed by atoms with Crippen LogP contribution in [0.4, 0.5) is 11.4 Å². The number of anilines is 2. The van der Waals surface area contributed by atoms with Crippen LogP contribution in [0.1, 0.15) is 24.8 Å². The van der Waals surface area contributed by atoms with E-state index in [9.17, 15) is 5.11 Å². The lowest BCUT2D eigenvalue weighted by atomic mass is 10.1. The van der Waals surface area contributed by atoms with Gasteiger partial charge in [0.1, 0.15) is 5.75 Å². The summed E-state index contributed by atoms with van der Waals surface area (Å²) < 4.78 is 0. The van der Waals surface area contributed by atoms with Gasteiger partial charge in [-0.25, -0.2) is 0 Å². The van der Waals surface area contributed by atoms with Gasteiger partial charge >= 0.3 is 0 Å². The smallest absolute Gasteiger partial charge is 0.139 e. The molecule has 0 bridgehead atoms. The molecule has 2 rings (SSSR count). The molecule has 0 amide bonds. The number of nitrogen functional groups attached to an aromatic ring is 1. The van der Waals surface area contributed by atoms with Crippen LogP contribution >= 0.6 is 11.6 Å². The van der Waals surface area contributed by atoms with Crippen molar-refractivity contribution in [1.82, 2.24) is 0 Å². The Labute approximate surface area is 101 Å². The highest BCUT2D eigenvalue weighted by atomic mass is 35.5. The van der Waals surface area contributed by atoms with Gasteiger partial charge in [-0.15, -0.1) is 0 Å². The number of nitrogens with two attached hydrogens (primary N) is 1. The van der Waals surface area contributed by atoms with Gasteiger partial charge in [-0.05, 0) is 32.3 Å². The van der Waals surface area contributed by atoms with E-state index in [4.69, 9.17) is 17.3 Å². The predicted molar refractivity (Wildman–Crippen MR) is 68.3 cm³/mol. The summed E-state index contributed by atoms with van der Waals surface area (Å²) in [5, 5.41) is 10.1. The minimum Gasteiger partial charge on any atom is -0.506 e. The molecule has 0 radical (unpaired) electrons. The van der Waals surface area contributed by atoms with Crippen LogP contribution in [0.25, 0.3) is 0 Å². The van der Waals surface area contributed by atoms with E-state index in [2.05, 4.69) is 4.90 Å². The van der Waals surface area contributed by atoms with E-state index < -0.39 is 0 Å². The van der Waals surface area contributed by atoms with Gasteiger partial charge in [-0.3, -0.25) is 0 Å². The van der Waals surface area contributed by atoms with Crippen molar-refractivity contribution in [3.05, 3.63) is 16.7 Å². The van der Waals surface area contributed by atoms with Gasteiger partial charge in [0.25, 0.3) is 0 Å². The first-order chi connectivity index (χ1) is 7.61. The maximum Gasteiger partial charge on any atom is 0.139 e. The van der Waals surface area contributed by atoms with Gasteiger partial charge in [-0.2, -0.15) is 0 Å². The minimum absolute atomic E-state index is 0.0972. The molecule has 0 atom stereocenters. The highest BCUT2D eigenvalue weighted by molar-refractivity contribution is 6.32. The number of phenols is 1. The van der Waals surface area contributed by atoms with E-state index >= 15 is 0 Å². The number of hydrogen-bond acceptors (Lipinski definition) is 3. The normalized spacial score (nSPS) is 16.5. The average molecular weight is 241 g/mol. The Hall–Kier alpha value is -1.09. The third kappa shape index (κ3) is 1.92. The van der Waals surface area contributed by atoms with Crippen LogP contribution in [-0.4, -0.2) is 18.2 Å². The van der Waals surface area contributed by atoms with Gasteiger partial charge < -0.3 is 15.7 Å². The Morgan fingerprint density at radius 1 is 1.31 bits per heavy atom. The van der Waals surface area contributed by atoms with E-state index in [1.54, 1.807) is 13.0 Å². The van der Waals surface area contributed by atoms with Crippen LogP contribution < -0.4 is 10.6 Å². The zero-order valence-corrected chi connectivity index (χ0v) is 10.2. The van der Waals surface area contributed by atoms with Crippen molar-refractivity contribution in [2.24, 2.45) is 0 Å². The third-order valence-corrected chi connectivity index (χ3v) is 3.51. The van der Waals surface area contributed by atoms with Gasteiger partial charge in [0, 0.05) is 18.7 Å². The molecule has 1 heterocycles. The SMILES string of the molecule is Cc1c(N)c(N2CCCCC2)cc(Cl)c1O. The lowest BCUT2D eigenvalue weighted by Crippen LogP contribution is -2.30. The largest absolute Gasteiger partial charge is 0.506 e. The van der Waals surface area contributed by atoms with Crippen LogP contribution in [0.3, 0.4) is 0 Å². The van der Waals surface area contributed by atoms with Crippen LogP contribution in [0.2, 0.25) is 5.02 Å². The molecule has 88 valence electrons. The Kier molecular flexibility index (Phi) is 3.15. The molecular formula is C12H17ClN2O. The molecule has 3 N–H and O–H groups in total. The molecule has 0 aromatic heterocycles. The van der Waals surface area contributed by atoms with Crippen LogP contribution in [0, 0.1) is 6.92 Å². The number of halogens is 1. The topological polar surface area (TPSA) is 49.5 Å². The standard InChI is InChI=1S/C12H17ClN2O/c1-8-11(14)10(7-9(13)12(8)16)15-5-3-2-4-6-15/h7,16H,2-6,14H2,1H3. The summed E-state index contributed by atoms with van der Waals surface area (Å²) in [6.07, 6.45) is 3.66. The first-order valence-electron chi connectivity index (χ1n) is 5.63. The molecule has 0 saturated carbocycles. The maximum absolute atomic E-state index is 9.68. The van der Waals surface area contributed by atoms with Gasteiger partial charge in [-0.1, -0.05) is 11.6 Å². The summed E-state index contributed by atoms with van der Waals surface area (Å²) in [6.45, 7) is 3.83. The molecular weight excluding hydrogens is 224 g/mol. The molecule has 1 aromatic carbocycles. The highest BCUT2D eigenvalue weighted by Gasteiger charge is 2.17. The molecule has 1 aliphatic rings. The first kappa shape index (κ1) is 11.4. The van der Waals surface area contributed by atoms with Crippen molar-refractivity contribution in [3.63, 3.8) is 0 Å². The number of hydrogen-bond donors (Lipinski definition) is 2. The average Bonchev–Trinajstić information content (AvgIpc) is 2.32. The lowest BCUT2D eigenvalue weighted by Gasteiger charge is -2.30. The number of piperidine rings is 1. The molecule has 0 unspecified atom stereocenters. The van der Waals surface area contributed by atoms with E-state index in [1.165, 1.54) is 19.3 Å². The molecule has 1 fully saturated rings. The predicted octanol–water partition coefficient (Wildman–Crippen LogP) is 2.93. The highest BCUT2D eigenvalue weighted by Crippen LogP contribution is 2.39. The van der Waals surface area contributed by atoms with Crippen molar-refractivity contribution in [3.8, 4) is 5.75 Å². The van der Waals surface area contributed by atoms with E-state index in [0.29, 0.717) is 16.3 Å². The number of nitrogens with zero attached hydrogens (tertiary/aromatic N) is 1. The lowest BCUT2D eigenvalue weighted by molar-refractivity contribution is 0.471. The fraction of sp³-hybridized carbons (Fsp3) is 0.500. The fourth-order valence-corrected chi connectivity index (χ4v) is 2.41. The molecule has 1 saturated heterocycles. The number of aromatic hydroxyl groups is 1. The van der Waals surface area contributed by atoms with Crippen molar-refractivity contribution in [1.29, 1.82) is 0 Å². The fourth-order valence-electron chi connectivity index (χ4n) is 2.16. The number of phenolic OH excluding ortho intramolecular Hbond substituents is 1. The van der Waals surface area contributed by atoms with E-state index in [0.717, 1.165) is 18.8 Å². The zero-order chi connectivity index (χ0) is 11.7. The molecule has 1 aromatic rings. The Morgan fingerprint density at radius 2 is 1.94 bits per heavy atom. The van der Waals surface area contributed by atoms with Gasteiger partial charge in [0.2, 0.25) is 0 Å². The zero-order valence-electron chi connectivity index (χ0n) is 9.46. The molecule has 0 spiro atoms. The van der Waals surface area contributed by atoms with Crippen LogP contribution in [-0.2, 0) is 0 Å². The van der Waals surface area contributed by atoms with Gasteiger partial charge in [0.15, 0.2) is 0 Å². The molecule has 1 aliphatic heterocycles. The Morgan fingerprint density at radius 3 is 2.56 bits per heavy atom. The maximum atomic E-state index is 9.68. The molecule has 0 aliphatic carbocycles. The quantitative estimate of drug-likeness (QED) is 0.742. The third-order valence-electron chi connectivity index (χ3n) is 3.22. The minimum atomic E-state index is 0.0972. The Balaban J connectivity index is 2.40. The van der Waals surface area contributed by atoms with Crippen molar-refractivity contribution < 1.29 is 5.11 Å². The number of benzene rings is 1.